The van der Waals surface area contributed by atoms with Crippen molar-refractivity contribution in [2.24, 2.45) is 0 Å². The van der Waals surface area contributed by atoms with E-state index in [0.717, 1.165) is 22.7 Å². The van der Waals surface area contributed by atoms with E-state index in [1.165, 1.54) is 118 Å². The number of hydrogen-bond acceptors (Lipinski definition) is 4. The molecule has 0 fully saturated rings. The lowest BCUT2D eigenvalue weighted by Crippen LogP contribution is -2.26. The number of anilines is 6. The summed E-state index contributed by atoms with van der Waals surface area (Å²) in [5.41, 5.74) is 16.9. The molecular weight excluding hydrogens is 921 g/mol. The standard InChI is InChI=1S/C69H42N2S2/c1-3-17-45(18-4-1)70(61-29-15-25-57-53-23-9-13-31-63(53)72-67(57)61)47-35-39-49-43(41-47)33-37-55-56-38-34-44-42-48(71(46-19-5-2-6-20-46)62-30-16-26-58-54-24-10-14-32-64(54)73-68(58)62)36-40-50(44)66(56)69(65(49)55)59-27-11-7-21-51(59)52-22-8-12-28-60(52)69/h1-42H. The Kier molecular flexibility index (Phi) is 8.74. The first-order chi connectivity index (χ1) is 36.2. The predicted molar refractivity (Wildman–Crippen MR) is 313 cm³/mol. The second-order valence-electron chi connectivity index (χ2n) is 19.5. The van der Waals surface area contributed by atoms with E-state index in [9.17, 15) is 0 Å². The summed E-state index contributed by atoms with van der Waals surface area (Å²) in [6, 6.07) is 95.3. The van der Waals surface area contributed by atoms with E-state index in [0.29, 0.717) is 0 Å². The van der Waals surface area contributed by atoms with E-state index in [1.807, 2.05) is 22.7 Å². The Morgan fingerprint density at radius 3 is 1.16 bits per heavy atom. The van der Waals surface area contributed by atoms with Crippen LogP contribution in [0.15, 0.2) is 255 Å². The third-order valence-corrected chi connectivity index (χ3v) is 18.2. The van der Waals surface area contributed by atoms with Gasteiger partial charge in [0.2, 0.25) is 0 Å². The third-order valence-electron chi connectivity index (χ3n) is 15.8. The summed E-state index contributed by atoms with van der Waals surface area (Å²) in [5, 5.41) is 10.2. The maximum Gasteiger partial charge on any atom is 0.0737 e. The zero-order valence-corrected chi connectivity index (χ0v) is 41.1. The first-order valence-electron chi connectivity index (χ1n) is 25.1. The van der Waals surface area contributed by atoms with Gasteiger partial charge in [0, 0.05) is 53.7 Å². The molecule has 0 bridgehead atoms. The molecule has 0 amide bonds. The van der Waals surface area contributed by atoms with Crippen molar-refractivity contribution >= 4 is 119 Å². The van der Waals surface area contributed by atoms with Crippen LogP contribution in [0.2, 0.25) is 0 Å². The highest BCUT2D eigenvalue weighted by Crippen LogP contribution is 2.66. The highest BCUT2D eigenvalue weighted by molar-refractivity contribution is 7.26. The molecule has 14 aromatic rings. The van der Waals surface area contributed by atoms with E-state index < -0.39 is 5.41 Å². The first-order valence-corrected chi connectivity index (χ1v) is 26.7. The number of hydrogen-bond donors (Lipinski definition) is 0. The zero-order valence-electron chi connectivity index (χ0n) is 39.5. The Morgan fingerprint density at radius 2 is 0.685 bits per heavy atom. The van der Waals surface area contributed by atoms with Crippen molar-refractivity contribution in [2.45, 2.75) is 5.41 Å². The van der Waals surface area contributed by atoms with Crippen molar-refractivity contribution in [3.8, 4) is 22.3 Å². The Hall–Kier alpha value is -8.80. The fourth-order valence-corrected chi connectivity index (χ4v) is 15.3. The molecule has 0 saturated carbocycles. The monoisotopic (exact) mass is 962 g/mol. The molecule has 0 atom stereocenters. The summed E-state index contributed by atoms with van der Waals surface area (Å²) in [5.74, 6) is 0. The smallest absolute Gasteiger partial charge is 0.0737 e. The topological polar surface area (TPSA) is 6.48 Å². The minimum atomic E-state index is -0.566. The van der Waals surface area contributed by atoms with Gasteiger partial charge in [-0.25, -0.2) is 0 Å². The van der Waals surface area contributed by atoms with Crippen LogP contribution in [-0.2, 0) is 5.41 Å². The molecule has 2 aliphatic carbocycles. The lowest BCUT2D eigenvalue weighted by molar-refractivity contribution is 0.809. The molecule has 2 aliphatic rings. The van der Waals surface area contributed by atoms with Crippen LogP contribution >= 0.6 is 22.7 Å². The number of fused-ring (bicyclic) bond motifs is 20. The molecular formula is C69H42N2S2. The lowest BCUT2D eigenvalue weighted by Gasteiger charge is -2.33. The second kappa shape index (κ2) is 15.6. The van der Waals surface area contributed by atoms with Crippen molar-refractivity contribution in [1.82, 2.24) is 0 Å². The molecule has 16 rings (SSSR count). The minimum absolute atomic E-state index is 0.566. The summed E-state index contributed by atoms with van der Waals surface area (Å²) in [7, 11) is 0. The van der Waals surface area contributed by atoms with Crippen LogP contribution in [0.5, 0.6) is 0 Å². The Labute approximate surface area is 430 Å². The van der Waals surface area contributed by atoms with Gasteiger partial charge in [-0.3, -0.25) is 0 Å². The van der Waals surface area contributed by atoms with Crippen molar-refractivity contribution in [3.63, 3.8) is 0 Å². The van der Waals surface area contributed by atoms with Crippen LogP contribution in [0.3, 0.4) is 0 Å². The van der Waals surface area contributed by atoms with E-state index in [2.05, 4.69) is 265 Å². The third kappa shape index (κ3) is 5.73. The Bertz CT molecular complexity index is 4290. The molecule has 2 aromatic heterocycles. The second-order valence-corrected chi connectivity index (χ2v) is 21.6. The lowest BCUT2D eigenvalue weighted by atomic mass is 9.68. The summed E-state index contributed by atoms with van der Waals surface area (Å²) >= 11 is 3.75. The number of benzene rings is 12. The van der Waals surface area contributed by atoms with Crippen LogP contribution in [0.1, 0.15) is 22.3 Å². The van der Waals surface area contributed by atoms with Crippen molar-refractivity contribution in [3.05, 3.63) is 277 Å². The van der Waals surface area contributed by atoms with Gasteiger partial charge in [0.25, 0.3) is 0 Å². The molecule has 0 aliphatic heterocycles. The average Bonchev–Trinajstić information content (AvgIpc) is 4.30. The van der Waals surface area contributed by atoms with Crippen LogP contribution in [0, 0.1) is 0 Å². The molecule has 0 radical (unpaired) electrons. The average molecular weight is 963 g/mol. The number of rotatable bonds is 6. The molecule has 1 spiro atoms. The molecule has 2 nitrogen and oxygen atoms in total. The van der Waals surface area contributed by atoms with Gasteiger partial charge < -0.3 is 9.80 Å². The maximum atomic E-state index is 2.46. The number of nitrogens with zero attached hydrogens (tertiary/aromatic N) is 2. The molecule has 73 heavy (non-hydrogen) atoms. The molecule has 4 heteroatoms. The first kappa shape index (κ1) is 40.9. The summed E-state index contributed by atoms with van der Waals surface area (Å²) in [6.45, 7) is 0. The maximum absolute atomic E-state index is 2.46. The predicted octanol–water partition coefficient (Wildman–Crippen LogP) is 20.0. The van der Waals surface area contributed by atoms with E-state index >= 15 is 0 Å². The van der Waals surface area contributed by atoms with Crippen molar-refractivity contribution < 1.29 is 0 Å². The summed E-state index contributed by atoms with van der Waals surface area (Å²) < 4.78 is 5.18. The molecule has 0 unspecified atom stereocenters. The zero-order chi connectivity index (χ0) is 47.8. The summed E-state index contributed by atoms with van der Waals surface area (Å²) in [4.78, 5) is 4.92. The van der Waals surface area contributed by atoms with E-state index in [-0.39, 0.29) is 0 Å². The van der Waals surface area contributed by atoms with Gasteiger partial charge in [0.15, 0.2) is 0 Å². The highest BCUT2D eigenvalue weighted by Gasteiger charge is 2.53. The Balaban J connectivity index is 0.927. The van der Waals surface area contributed by atoms with E-state index in [4.69, 9.17) is 0 Å². The molecule has 12 aromatic carbocycles. The van der Waals surface area contributed by atoms with Gasteiger partial charge in [-0.1, -0.05) is 182 Å². The Morgan fingerprint density at radius 1 is 0.274 bits per heavy atom. The number of thiophene rings is 2. The molecule has 0 saturated heterocycles. The van der Waals surface area contributed by atoms with Crippen LogP contribution in [-0.4, -0.2) is 0 Å². The van der Waals surface area contributed by atoms with Gasteiger partial charge in [0.05, 0.1) is 26.2 Å². The normalized spacial score (nSPS) is 13.0. The van der Waals surface area contributed by atoms with Gasteiger partial charge in [-0.15, -0.1) is 22.7 Å². The van der Waals surface area contributed by atoms with Crippen molar-refractivity contribution in [2.75, 3.05) is 9.80 Å². The fraction of sp³-hybridized carbons (Fsp3) is 0.0145. The van der Waals surface area contributed by atoms with Gasteiger partial charge in [-0.2, -0.15) is 0 Å². The van der Waals surface area contributed by atoms with Gasteiger partial charge in [0.1, 0.15) is 0 Å². The van der Waals surface area contributed by atoms with Crippen LogP contribution < -0.4 is 9.80 Å². The largest absolute Gasteiger partial charge is 0.309 e. The van der Waals surface area contributed by atoms with Crippen LogP contribution in [0.4, 0.5) is 34.1 Å². The summed E-state index contributed by atoms with van der Waals surface area (Å²) in [6.07, 6.45) is 0. The van der Waals surface area contributed by atoms with E-state index in [1.54, 1.807) is 0 Å². The quantitative estimate of drug-likeness (QED) is 0.164. The number of para-hydroxylation sites is 2. The molecule has 0 N–H and O–H groups in total. The highest BCUT2D eigenvalue weighted by atomic mass is 32.1. The SMILES string of the molecule is c1ccc(N(c2ccc3c4c(ccc3c2)-c2ccc3cc(N(c5ccccc5)c5cccc6c5sc5ccccc56)ccc3c2C42c3ccccc3-c3ccccc32)c2cccc3c2sc2ccccc23)cc1. The minimum Gasteiger partial charge on any atom is -0.309 e. The van der Waals surface area contributed by atoms with Gasteiger partial charge >= 0.3 is 0 Å². The fourth-order valence-electron chi connectivity index (χ4n) is 12.9. The molecule has 2 heterocycles. The van der Waals surface area contributed by atoms with Crippen LogP contribution in [0.25, 0.3) is 84.1 Å². The van der Waals surface area contributed by atoms with Gasteiger partial charge in [-0.05, 0) is 139 Å². The van der Waals surface area contributed by atoms with Crippen molar-refractivity contribution in [1.29, 1.82) is 0 Å². The molecule has 340 valence electrons.